The van der Waals surface area contributed by atoms with Gasteiger partial charge in [0.05, 0.1) is 34.9 Å². The first-order valence-electron chi connectivity index (χ1n) is 13.2. The number of fused-ring (bicyclic) bond motifs is 1. The largest absolute Gasteiger partial charge is 0.514 e. The van der Waals surface area contributed by atoms with Crippen LogP contribution in [0.2, 0.25) is 0 Å². The zero-order valence-electron chi connectivity index (χ0n) is 23.4. The van der Waals surface area contributed by atoms with Crippen LogP contribution in [-0.4, -0.2) is 85.1 Å². The quantitative estimate of drug-likeness (QED) is 0.197. The number of anilines is 2. The number of aromatic nitrogens is 1. The monoisotopic (exact) mass is 607 g/mol. The summed E-state index contributed by atoms with van der Waals surface area (Å²) < 4.78 is 58.8. The predicted octanol–water partition coefficient (Wildman–Crippen LogP) is 2.47. The lowest BCUT2D eigenvalue weighted by Gasteiger charge is -2.36. The van der Waals surface area contributed by atoms with Gasteiger partial charge in [0.2, 0.25) is 10.0 Å². The number of nitrogens with two attached hydrogens (primary N) is 1. The Morgan fingerprint density at radius 1 is 1.19 bits per heavy atom. The van der Waals surface area contributed by atoms with E-state index >= 15 is 0 Å². The zero-order chi connectivity index (χ0) is 30.9. The van der Waals surface area contributed by atoms with Gasteiger partial charge in [-0.25, -0.2) is 22.3 Å². The Morgan fingerprint density at radius 3 is 2.57 bits per heavy atom. The van der Waals surface area contributed by atoms with Gasteiger partial charge in [-0.3, -0.25) is 0 Å². The maximum Gasteiger partial charge on any atom is 0.276 e. The van der Waals surface area contributed by atoms with Gasteiger partial charge in [-0.05, 0) is 67.5 Å². The average Bonchev–Trinajstić information content (AvgIpc) is 3.19. The van der Waals surface area contributed by atoms with Gasteiger partial charge in [0.15, 0.2) is 0 Å². The number of ether oxygens (including phenoxy) is 1. The minimum absolute atomic E-state index is 0.0365. The van der Waals surface area contributed by atoms with E-state index in [1.165, 1.54) is 16.7 Å². The fraction of sp³-hybridized carbons (Fsp3) is 0.407. The van der Waals surface area contributed by atoms with E-state index in [1.807, 2.05) is 18.2 Å². The number of halogens is 2. The first-order chi connectivity index (χ1) is 19.5. The molecule has 1 aliphatic rings. The lowest BCUT2D eigenvalue weighted by atomic mass is 9.52. The molecule has 42 heavy (non-hydrogen) atoms. The van der Waals surface area contributed by atoms with Crippen LogP contribution in [0, 0.1) is 17.8 Å². The Morgan fingerprint density at radius 2 is 1.93 bits per heavy atom. The minimum Gasteiger partial charge on any atom is -0.514 e. The predicted molar refractivity (Wildman–Crippen MR) is 169 cm³/mol. The number of benzene rings is 2. The van der Waals surface area contributed by atoms with Gasteiger partial charge in [0.1, 0.15) is 29.3 Å². The molecule has 0 bridgehead atoms. The van der Waals surface area contributed by atoms with Gasteiger partial charge < -0.3 is 24.8 Å². The number of rotatable bonds is 9. The molecule has 1 aromatic heterocycles. The highest BCUT2D eigenvalue weighted by Crippen LogP contribution is 2.33. The van der Waals surface area contributed by atoms with Crippen LogP contribution >= 0.6 is 9.24 Å². The first kappa shape index (κ1) is 32.2. The number of hydrogen-bond acceptors (Lipinski definition) is 6. The zero-order valence-corrected chi connectivity index (χ0v) is 25.4. The van der Waals surface area contributed by atoms with Gasteiger partial charge in [-0.15, -0.1) is 0 Å². The van der Waals surface area contributed by atoms with E-state index in [9.17, 15) is 17.2 Å². The second kappa shape index (κ2) is 12.5. The number of piperidine rings is 1. The van der Waals surface area contributed by atoms with Crippen LogP contribution in [0.25, 0.3) is 10.9 Å². The van der Waals surface area contributed by atoms with E-state index in [0.717, 1.165) is 36.7 Å². The molecule has 4 rings (SSSR count). The Kier molecular flexibility index (Phi) is 9.58. The maximum absolute atomic E-state index is 14.2. The van der Waals surface area contributed by atoms with Gasteiger partial charge in [0.25, 0.3) is 5.66 Å². The van der Waals surface area contributed by atoms with Crippen molar-refractivity contribution in [3.8, 4) is 17.6 Å². The lowest BCUT2D eigenvalue weighted by Crippen LogP contribution is -2.43. The van der Waals surface area contributed by atoms with E-state index in [4.69, 9.17) is 33.4 Å². The number of alkyl halides is 2. The average molecular weight is 607 g/mol. The normalized spacial score (nSPS) is 18.3. The fourth-order valence-corrected chi connectivity index (χ4v) is 5.75. The van der Waals surface area contributed by atoms with E-state index in [2.05, 4.69) is 41.3 Å². The fourth-order valence-electron chi connectivity index (χ4n) is 5.04. The highest BCUT2D eigenvalue weighted by atomic mass is 32.2. The Labute approximate surface area is 252 Å². The highest BCUT2D eigenvalue weighted by Gasteiger charge is 2.27. The second-order valence-corrected chi connectivity index (χ2v) is 13.1. The molecular formula is C27H31B3F2N5O3PS. The number of hydrogen-bond donors (Lipinski definition) is 3. The summed E-state index contributed by atoms with van der Waals surface area (Å²) in [6.45, 7) is 3.60. The summed E-state index contributed by atoms with van der Waals surface area (Å²) in [7, 11) is 16.3. The van der Waals surface area contributed by atoms with Crippen LogP contribution < -0.4 is 20.5 Å². The van der Waals surface area contributed by atoms with Crippen molar-refractivity contribution in [2.45, 2.75) is 41.8 Å². The number of likely N-dealkylation sites (tertiary alicyclic amines) is 1. The molecule has 0 amide bonds. The molecule has 2 heterocycles. The molecule has 0 spiro atoms. The molecule has 0 saturated carbocycles. The van der Waals surface area contributed by atoms with Crippen molar-refractivity contribution in [2.24, 2.45) is 11.1 Å². The third kappa shape index (κ3) is 8.44. The molecule has 0 aliphatic carbocycles. The Hall–Kier alpha value is -2.71. The SMILES string of the molecule is [B]C([B])([B])Oc1cc(S(N)(=O)=O)ccc1NCC#Cc1cc2c(N[C@@H]3CCN(C)C[C@@H]3C)cccc2n1CC(F)(F)P. The third-order valence-electron chi connectivity index (χ3n) is 6.92. The molecule has 8 nitrogen and oxygen atoms in total. The van der Waals surface area contributed by atoms with E-state index in [0.29, 0.717) is 17.1 Å². The second-order valence-electron chi connectivity index (χ2n) is 10.7. The molecule has 2 aromatic carbocycles. The molecular weight excluding hydrogens is 576 g/mol. The van der Waals surface area contributed by atoms with Gasteiger partial charge >= 0.3 is 0 Å². The van der Waals surface area contributed by atoms with Crippen molar-refractivity contribution < 1.29 is 21.9 Å². The molecule has 1 aliphatic heterocycles. The number of primary sulfonamides is 1. The first-order valence-corrected chi connectivity index (χ1v) is 15.3. The summed E-state index contributed by atoms with van der Waals surface area (Å²) in [6.07, 6.45) is 0.972. The summed E-state index contributed by atoms with van der Waals surface area (Å²) in [4.78, 5) is 2.06. The van der Waals surface area contributed by atoms with Crippen molar-refractivity contribution in [1.82, 2.24) is 9.47 Å². The number of nitrogens with one attached hydrogen (secondary N) is 2. The molecule has 4 N–H and O–H groups in total. The topological polar surface area (TPSA) is 102 Å². The van der Waals surface area contributed by atoms with E-state index < -0.39 is 27.5 Å². The Bertz CT molecular complexity index is 1620. The molecule has 6 radical (unpaired) electrons. The molecule has 1 fully saturated rings. The van der Waals surface area contributed by atoms with Crippen molar-refractivity contribution in [3.05, 3.63) is 48.2 Å². The minimum atomic E-state index is -4.04. The standard InChI is InChI=1S/C27H31B3F2N5O3PS/c1-17-15-36(2)12-10-21(17)35-22-6-3-7-24-20(22)13-18(37(24)16-26(31,32)41)5-4-11-34-23-9-8-19(42(33,38)39)14-25(23)40-27(28,29)30/h3,6-9,13-14,17,21,34-35H,10-12,15-16,41H2,1-2H3,(H2,33,38,39)/t17-,21+/m0/s1. The maximum atomic E-state index is 14.2. The molecule has 216 valence electrons. The van der Waals surface area contributed by atoms with E-state index in [-0.39, 0.29) is 28.9 Å². The molecule has 3 aromatic rings. The lowest BCUT2D eigenvalue weighted by molar-refractivity contribution is 0.0851. The van der Waals surface area contributed by atoms with Gasteiger partial charge in [0, 0.05) is 29.7 Å². The van der Waals surface area contributed by atoms with Crippen molar-refractivity contribution in [1.29, 1.82) is 0 Å². The van der Waals surface area contributed by atoms with Crippen molar-refractivity contribution in [2.75, 3.05) is 37.3 Å². The third-order valence-corrected chi connectivity index (χ3v) is 8.01. The van der Waals surface area contributed by atoms with Crippen LogP contribution in [0.15, 0.2) is 47.4 Å². The highest BCUT2D eigenvalue weighted by molar-refractivity contribution is 7.89. The van der Waals surface area contributed by atoms with Gasteiger partial charge in [-0.2, -0.15) is 0 Å². The molecule has 3 atom stereocenters. The van der Waals surface area contributed by atoms with E-state index in [1.54, 1.807) is 15.3 Å². The van der Waals surface area contributed by atoms with Crippen LogP contribution in [0.3, 0.4) is 0 Å². The summed E-state index contributed by atoms with van der Waals surface area (Å²) in [6, 6.07) is 11.5. The van der Waals surface area contributed by atoms with Crippen LogP contribution in [-0.2, 0) is 16.6 Å². The molecule has 1 unspecified atom stereocenters. The number of nitrogens with zero attached hydrogens (tertiary/aromatic N) is 2. The van der Waals surface area contributed by atoms with Crippen LogP contribution in [0.1, 0.15) is 19.0 Å². The Balaban J connectivity index is 1.62. The number of sulfonamides is 1. The van der Waals surface area contributed by atoms with Crippen molar-refractivity contribution in [3.63, 3.8) is 0 Å². The van der Waals surface area contributed by atoms with Crippen LogP contribution in [0.4, 0.5) is 20.2 Å². The summed E-state index contributed by atoms with van der Waals surface area (Å²) in [5, 5.41) is 10.5. The summed E-state index contributed by atoms with van der Waals surface area (Å²) in [5.74, 6) is 6.27. The van der Waals surface area contributed by atoms with Crippen molar-refractivity contribution >= 4 is 65.1 Å². The summed E-state index contributed by atoms with van der Waals surface area (Å²) in [5.41, 5.74) is -0.849. The van der Waals surface area contributed by atoms with Gasteiger partial charge in [-0.1, -0.05) is 28.2 Å². The van der Waals surface area contributed by atoms with Crippen LogP contribution in [0.5, 0.6) is 5.75 Å². The molecule has 1 saturated heterocycles. The molecule has 15 heteroatoms. The smallest absolute Gasteiger partial charge is 0.276 e. The summed E-state index contributed by atoms with van der Waals surface area (Å²) >= 11 is 0.